The molecule has 0 spiro atoms. The van der Waals surface area contributed by atoms with E-state index in [2.05, 4.69) is 10.6 Å². The summed E-state index contributed by atoms with van der Waals surface area (Å²) in [4.78, 5) is 26.5. The van der Waals surface area contributed by atoms with Crippen molar-refractivity contribution in [3.8, 4) is 0 Å². The van der Waals surface area contributed by atoms with Crippen molar-refractivity contribution < 1.29 is 9.59 Å². The maximum absolute atomic E-state index is 12.7. The van der Waals surface area contributed by atoms with Crippen LogP contribution in [0.25, 0.3) is 0 Å². The predicted octanol–water partition coefficient (Wildman–Crippen LogP) is 3.51. The first-order chi connectivity index (χ1) is 12.6. The van der Waals surface area contributed by atoms with Crippen LogP contribution in [0.2, 0.25) is 5.02 Å². The first-order valence-corrected chi connectivity index (χ1v) is 10.0. The number of hydrogen-bond donors (Lipinski definition) is 2. The van der Waals surface area contributed by atoms with Crippen molar-refractivity contribution in [3.63, 3.8) is 0 Å². The summed E-state index contributed by atoms with van der Waals surface area (Å²) in [5, 5.41) is 10.6. The maximum Gasteiger partial charge on any atom is 0.252 e. The van der Waals surface area contributed by atoms with E-state index in [1.54, 1.807) is 6.07 Å². The van der Waals surface area contributed by atoms with Crippen LogP contribution in [0.1, 0.15) is 34.8 Å². The summed E-state index contributed by atoms with van der Waals surface area (Å²) >= 11 is 7.60. The van der Waals surface area contributed by atoms with E-state index >= 15 is 0 Å². The average molecular weight is 428 g/mol. The second-order valence-electron chi connectivity index (χ2n) is 6.23. The summed E-state index contributed by atoms with van der Waals surface area (Å²) in [5.41, 5.74) is 1.72. The highest BCUT2D eigenvalue weighted by atomic mass is 35.5. The van der Waals surface area contributed by atoms with Crippen LogP contribution < -0.4 is 10.6 Å². The Kier molecular flexibility index (Phi) is 8.57. The van der Waals surface area contributed by atoms with Crippen LogP contribution in [0.5, 0.6) is 0 Å². The van der Waals surface area contributed by atoms with E-state index in [1.165, 1.54) is 11.3 Å². The van der Waals surface area contributed by atoms with Gasteiger partial charge in [0.25, 0.3) is 5.91 Å². The molecule has 146 valence electrons. The monoisotopic (exact) mass is 427 g/mol. The molecule has 1 aromatic carbocycles. The van der Waals surface area contributed by atoms with Crippen molar-refractivity contribution >= 4 is 47.2 Å². The second kappa shape index (κ2) is 10.7. The molecule has 8 heteroatoms. The lowest BCUT2D eigenvalue weighted by Crippen LogP contribution is -2.48. The third-order valence-electron chi connectivity index (χ3n) is 4.43. The van der Waals surface area contributed by atoms with E-state index in [-0.39, 0.29) is 30.3 Å². The Balaban J connectivity index is 0.00000261. The summed E-state index contributed by atoms with van der Waals surface area (Å²) in [6.07, 6.45) is 1.04. The largest absolute Gasteiger partial charge is 0.352 e. The molecule has 27 heavy (non-hydrogen) atoms. The fourth-order valence-electron chi connectivity index (χ4n) is 3.10. The minimum Gasteiger partial charge on any atom is -0.352 e. The van der Waals surface area contributed by atoms with Gasteiger partial charge in [-0.1, -0.05) is 23.7 Å². The first-order valence-electron chi connectivity index (χ1n) is 8.71. The van der Waals surface area contributed by atoms with Gasteiger partial charge in [-0.3, -0.25) is 9.59 Å². The van der Waals surface area contributed by atoms with Crippen molar-refractivity contribution in [1.29, 1.82) is 0 Å². The SMILES string of the molecule is Cl.O=C(NCCCC(=O)N1CCNCC1c1cccc(Cl)c1)c1ccsc1. The smallest absolute Gasteiger partial charge is 0.252 e. The van der Waals surface area contributed by atoms with Crippen LogP contribution in [0.4, 0.5) is 0 Å². The second-order valence-corrected chi connectivity index (χ2v) is 7.45. The van der Waals surface area contributed by atoms with Crippen molar-refractivity contribution in [2.75, 3.05) is 26.2 Å². The molecule has 1 unspecified atom stereocenters. The van der Waals surface area contributed by atoms with E-state index in [4.69, 9.17) is 11.6 Å². The van der Waals surface area contributed by atoms with Gasteiger partial charge in [-0.25, -0.2) is 0 Å². The van der Waals surface area contributed by atoms with Crippen LogP contribution in [0, 0.1) is 0 Å². The molecule has 1 aliphatic heterocycles. The number of rotatable bonds is 6. The van der Waals surface area contributed by atoms with Crippen LogP contribution in [-0.2, 0) is 4.79 Å². The number of carbonyl (C=O) groups is 2. The van der Waals surface area contributed by atoms with Gasteiger partial charge in [-0.2, -0.15) is 11.3 Å². The Morgan fingerprint density at radius 3 is 2.93 bits per heavy atom. The average Bonchev–Trinajstić information content (AvgIpc) is 3.20. The fourth-order valence-corrected chi connectivity index (χ4v) is 3.93. The van der Waals surface area contributed by atoms with E-state index in [9.17, 15) is 9.59 Å². The van der Waals surface area contributed by atoms with Crippen molar-refractivity contribution in [1.82, 2.24) is 15.5 Å². The van der Waals surface area contributed by atoms with E-state index in [0.29, 0.717) is 36.5 Å². The zero-order chi connectivity index (χ0) is 18.4. The molecule has 0 saturated carbocycles. The van der Waals surface area contributed by atoms with Gasteiger partial charge in [0.1, 0.15) is 0 Å². The number of thiophene rings is 1. The minimum absolute atomic E-state index is 0. The molecule has 1 saturated heterocycles. The van der Waals surface area contributed by atoms with Crippen LogP contribution in [0.15, 0.2) is 41.1 Å². The Hall–Kier alpha value is -1.60. The first kappa shape index (κ1) is 21.7. The highest BCUT2D eigenvalue weighted by Crippen LogP contribution is 2.25. The quantitative estimate of drug-likeness (QED) is 0.693. The van der Waals surface area contributed by atoms with Gasteiger partial charge in [-0.05, 0) is 35.6 Å². The van der Waals surface area contributed by atoms with Gasteiger partial charge >= 0.3 is 0 Å². The Morgan fingerprint density at radius 2 is 2.19 bits per heavy atom. The zero-order valence-corrected chi connectivity index (χ0v) is 17.2. The summed E-state index contributed by atoms with van der Waals surface area (Å²) in [5.74, 6) is 0.0268. The predicted molar refractivity (Wildman–Crippen MR) is 112 cm³/mol. The molecular weight excluding hydrogens is 405 g/mol. The number of amides is 2. The third kappa shape index (κ3) is 5.94. The van der Waals surface area contributed by atoms with Gasteiger partial charge in [0, 0.05) is 48.6 Å². The highest BCUT2D eigenvalue weighted by Gasteiger charge is 2.27. The van der Waals surface area contributed by atoms with Crippen molar-refractivity contribution in [2.45, 2.75) is 18.9 Å². The number of benzene rings is 1. The van der Waals surface area contributed by atoms with Gasteiger partial charge in [0.2, 0.25) is 5.91 Å². The van der Waals surface area contributed by atoms with Crippen molar-refractivity contribution in [2.24, 2.45) is 0 Å². The summed E-state index contributed by atoms with van der Waals surface area (Å²) < 4.78 is 0. The molecule has 0 aliphatic carbocycles. The number of hydrogen-bond acceptors (Lipinski definition) is 4. The van der Waals surface area contributed by atoms with Crippen molar-refractivity contribution in [3.05, 3.63) is 57.2 Å². The Bertz CT molecular complexity index is 755. The number of nitrogens with zero attached hydrogens (tertiary/aromatic N) is 1. The molecule has 3 rings (SSSR count). The van der Waals surface area contributed by atoms with Gasteiger partial charge < -0.3 is 15.5 Å². The maximum atomic E-state index is 12.7. The summed E-state index contributed by atoms with van der Waals surface area (Å²) in [7, 11) is 0. The Morgan fingerprint density at radius 1 is 1.33 bits per heavy atom. The molecule has 1 fully saturated rings. The minimum atomic E-state index is -0.0855. The summed E-state index contributed by atoms with van der Waals surface area (Å²) in [6.45, 7) is 2.68. The van der Waals surface area contributed by atoms with Crippen LogP contribution in [-0.4, -0.2) is 42.9 Å². The molecule has 2 N–H and O–H groups in total. The molecule has 2 amide bonds. The number of piperazine rings is 1. The van der Waals surface area contributed by atoms with Gasteiger partial charge in [0.05, 0.1) is 6.04 Å². The molecular formula is C19H23Cl2N3O2S. The lowest BCUT2D eigenvalue weighted by molar-refractivity contribution is -0.134. The van der Waals surface area contributed by atoms with E-state index in [1.807, 2.05) is 39.9 Å². The summed E-state index contributed by atoms with van der Waals surface area (Å²) in [6, 6.07) is 9.46. The topological polar surface area (TPSA) is 61.4 Å². The number of nitrogens with one attached hydrogen (secondary N) is 2. The fraction of sp³-hybridized carbons (Fsp3) is 0.368. The molecule has 5 nitrogen and oxygen atoms in total. The van der Waals surface area contributed by atoms with Crippen LogP contribution >= 0.6 is 35.3 Å². The van der Waals surface area contributed by atoms with Gasteiger partial charge in [0.15, 0.2) is 0 Å². The van der Waals surface area contributed by atoms with E-state index in [0.717, 1.165) is 18.7 Å². The molecule has 2 heterocycles. The molecule has 1 aliphatic rings. The Labute approximate surface area is 174 Å². The molecule has 0 radical (unpaired) electrons. The molecule has 1 atom stereocenters. The third-order valence-corrected chi connectivity index (χ3v) is 5.35. The normalized spacial score (nSPS) is 16.5. The number of carbonyl (C=O) groups excluding carboxylic acids is 2. The standard InChI is InChI=1S/C19H22ClN3O2S.ClH/c20-16-4-1-3-14(11-16)17-12-21-8-9-23(17)18(24)5-2-7-22-19(25)15-6-10-26-13-15;/h1,3-4,6,10-11,13,17,21H,2,5,7-9,12H2,(H,22,25);1H. The molecule has 2 aromatic rings. The van der Waals surface area contributed by atoms with Crippen LogP contribution in [0.3, 0.4) is 0 Å². The van der Waals surface area contributed by atoms with Gasteiger partial charge in [-0.15, -0.1) is 12.4 Å². The molecule has 0 bridgehead atoms. The lowest BCUT2D eigenvalue weighted by Gasteiger charge is -2.36. The zero-order valence-electron chi connectivity index (χ0n) is 14.8. The lowest BCUT2D eigenvalue weighted by atomic mass is 10.0. The number of halogens is 2. The van der Waals surface area contributed by atoms with E-state index < -0.39 is 0 Å². The highest BCUT2D eigenvalue weighted by molar-refractivity contribution is 7.08. The molecule has 1 aromatic heterocycles.